The van der Waals surface area contributed by atoms with E-state index in [1.807, 2.05) is 53.9 Å². The average molecular weight is 402 g/mol. The number of anilines is 1. The van der Waals surface area contributed by atoms with Gasteiger partial charge in [0, 0.05) is 61.6 Å². The molecule has 2 aliphatic heterocycles. The van der Waals surface area contributed by atoms with Crippen LogP contribution in [-0.2, 0) is 16.2 Å². The molecule has 4 rings (SSSR count). The first-order chi connectivity index (χ1) is 13.5. The fraction of sp³-hybridized carbons (Fsp3) is 0.450. The van der Waals surface area contributed by atoms with Gasteiger partial charge in [0.1, 0.15) is 0 Å². The number of carbonyl (C=O) groups is 1. The Morgan fingerprint density at radius 2 is 2.07 bits per heavy atom. The molecule has 1 amide bonds. The number of nitrogens with zero attached hydrogens (tertiary/aromatic N) is 5. The van der Waals surface area contributed by atoms with Gasteiger partial charge in [0.25, 0.3) is 5.91 Å². The third-order valence-electron chi connectivity index (χ3n) is 5.29. The molecule has 7 nitrogen and oxygen atoms in total. The zero-order valence-electron chi connectivity index (χ0n) is 16.1. The largest absolute Gasteiger partial charge is 0.382 e. The minimum absolute atomic E-state index is 0.00466. The van der Waals surface area contributed by atoms with Gasteiger partial charge in [-0.05, 0) is 32.0 Å². The van der Waals surface area contributed by atoms with Gasteiger partial charge in [-0.1, -0.05) is 22.8 Å². The van der Waals surface area contributed by atoms with Gasteiger partial charge in [0.15, 0.2) is 0 Å². The zero-order chi connectivity index (χ0) is 19.7. The quantitative estimate of drug-likeness (QED) is 0.790. The van der Waals surface area contributed by atoms with Crippen LogP contribution >= 0.6 is 11.6 Å². The summed E-state index contributed by atoms with van der Waals surface area (Å²) in [6.07, 6.45) is 1.91. The maximum atomic E-state index is 12.9. The van der Waals surface area contributed by atoms with E-state index in [9.17, 15) is 4.79 Å². The summed E-state index contributed by atoms with van der Waals surface area (Å²) in [6, 6.07) is 7.81. The van der Waals surface area contributed by atoms with Gasteiger partial charge in [-0.25, -0.2) is 0 Å². The van der Waals surface area contributed by atoms with Crippen molar-refractivity contribution >= 4 is 28.9 Å². The molecule has 8 heteroatoms. The number of benzene rings is 1. The van der Waals surface area contributed by atoms with Crippen LogP contribution in [0.2, 0.25) is 5.02 Å². The van der Waals surface area contributed by atoms with Crippen molar-refractivity contribution in [3.63, 3.8) is 0 Å². The minimum Gasteiger partial charge on any atom is -0.382 e. The second-order valence-corrected chi connectivity index (χ2v) is 7.55. The van der Waals surface area contributed by atoms with E-state index in [-0.39, 0.29) is 5.91 Å². The van der Waals surface area contributed by atoms with Gasteiger partial charge in [0.05, 0.1) is 11.4 Å². The lowest BCUT2D eigenvalue weighted by atomic mass is 10.1. The van der Waals surface area contributed by atoms with E-state index in [1.165, 1.54) is 0 Å². The highest BCUT2D eigenvalue weighted by Gasteiger charge is 2.34. The Labute approximate surface area is 169 Å². The third-order valence-corrected chi connectivity index (χ3v) is 5.53. The van der Waals surface area contributed by atoms with E-state index < -0.39 is 6.10 Å². The maximum Gasteiger partial charge on any atom is 0.267 e. The second kappa shape index (κ2) is 7.83. The number of oxime groups is 1. The lowest BCUT2D eigenvalue weighted by molar-refractivity contribution is -0.142. The first kappa shape index (κ1) is 18.8. The first-order valence-electron chi connectivity index (χ1n) is 9.61. The van der Waals surface area contributed by atoms with Gasteiger partial charge in [-0.3, -0.25) is 9.48 Å². The van der Waals surface area contributed by atoms with E-state index in [4.69, 9.17) is 16.4 Å². The Morgan fingerprint density at radius 3 is 2.75 bits per heavy atom. The number of rotatable bonds is 4. The molecule has 0 saturated carbocycles. The van der Waals surface area contributed by atoms with Crippen molar-refractivity contribution in [1.82, 2.24) is 14.7 Å². The molecule has 1 atom stereocenters. The lowest BCUT2D eigenvalue weighted by Gasteiger charge is -2.36. The fourth-order valence-corrected chi connectivity index (χ4v) is 3.88. The summed E-state index contributed by atoms with van der Waals surface area (Å²) < 4.78 is 1.87. The molecule has 1 saturated heterocycles. The van der Waals surface area contributed by atoms with Crippen LogP contribution < -0.4 is 4.90 Å². The molecule has 1 fully saturated rings. The van der Waals surface area contributed by atoms with Crippen molar-refractivity contribution in [3.05, 3.63) is 46.7 Å². The van der Waals surface area contributed by atoms with Crippen molar-refractivity contribution in [2.24, 2.45) is 5.16 Å². The van der Waals surface area contributed by atoms with Crippen LogP contribution in [0, 0.1) is 6.92 Å². The normalized spacial score (nSPS) is 19.5. The Balaban J connectivity index is 1.34. The molecule has 1 unspecified atom stereocenters. The van der Waals surface area contributed by atoms with Crippen molar-refractivity contribution < 1.29 is 9.63 Å². The van der Waals surface area contributed by atoms with E-state index in [2.05, 4.69) is 15.2 Å². The van der Waals surface area contributed by atoms with Crippen LogP contribution in [0.1, 0.15) is 24.6 Å². The molecule has 1 aromatic heterocycles. The number of carbonyl (C=O) groups excluding carboxylic acids is 1. The molecule has 1 aromatic carbocycles. The van der Waals surface area contributed by atoms with Crippen LogP contribution in [0.4, 0.5) is 5.69 Å². The molecule has 28 heavy (non-hydrogen) atoms. The van der Waals surface area contributed by atoms with Crippen molar-refractivity contribution in [3.8, 4) is 0 Å². The van der Waals surface area contributed by atoms with E-state index in [1.54, 1.807) is 0 Å². The van der Waals surface area contributed by atoms with Gasteiger partial charge in [-0.2, -0.15) is 5.10 Å². The topological polar surface area (TPSA) is 63.0 Å². The smallest absolute Gasteiger partial charge is 0.267 e. The van der Waals surface area contributed by atoms with E-state index in [0.29, 0.717) is 19.5 Å². The summed E-state index contributed by atoms with van der Waals surface area (Å²) in [5.41, 5.74) is 3.76. The van der Waals surface area contributed by atoms with Crippen LogP contribution in [0.5, 0.6) is 0 Å². The zero-order valence-corrected chi connectivity index (χ0v) is 16.9. The monoisotopic (exact) mass is 401 g/mol. The number of halogens is 1. The Kier molecular flexibility index (Phi) is 5.26. The summed E-state index contributed by atoms with van der Waals surface area (Å²) in [5.74, 6) is 0.00466. The molecule has 0 aliphatic carbocycles. The van der Waals surface area contributed by atoms with Crippen LogP contribution in [0.3, 0.4) is 0 Å². The third kappa shape index (κ3) is 3.71. The van der Waals surface area contributed by atoms with E-state index >= 15 is 0 Å². The van der Waals surface area contributed by atoms with Gasteiger partial charge in [0.2, 0.25) is 6.10 Å². The summed E-state index contributed by atoms with van der Waals surface area (Å²) in [7, 11) is 0. The summed E-state index contributed by atoms with van der Waals surface area (Å²) in [5, 5.41) is 9.35. The molecule has 2 aliphatic rings. The van der Waals surface area contributed by atoms with Crippen LogP contribution in [0.15, 0.2) is 35.6 Å². The Bertz CT molecular complexity index is 902. The summed E-state index contributed by atoms with van der Waals surface area (Å²) >= 11 is 6.09. The van der Waals surface area contributed by atoms with Gasteiger partial charge < -0.3 is 14.6 Å². The number of amides is 1. The number of aromatic nitrogens is 2. The molecule has 0 radical (unpaired) electrons. The molecule has 2 aromatic rings. The highest BCUT2D eigenvalue weighted by Crippen LogP contribution is 2.23. The molecule has 0 N–H and O–H groups in total. The number of hydrogen-bond acceptors (Lipinski definition) is 5. The van der Waals surface area contributed by atoms with Crippen LogP contribution in [0.25, 0.3) is 0 Å². The predicted molar refractivity (Wildman–Crippen MR) is 109 cm³/mol. The number of piperazine rings is 1. The molecule has 0 bridgehead atoms. The first-order valence-corrected chi connectivity index (χ1v) is 9.99. The number of hydrogen-bond donors (Lipinski definition) is 0. The number of aryl methyl sites for hydroxylation is 2. The molecular weight excluding hydrogens is 378 g/mol. The molecule has 0 spiro atoms. The highest BCUT2D eigenvalue weighted by atomic mass is 35.5. The van der Waals surface area contributed by atoms with Gasteiger partial charge in [-0.15, -0.1) is 0 Å². The standard InChI is InChI=1S/C20H24ClN5O2/c1-3-26-13-17(14(2)22-26)18-12-19(28-23-18)20(27)25-9-7-24(8-10-25)16-6-4-5-15(21)11-16/h4-6,11,13,19H,3,7-10,12H2,1-2H3. The highest BCUT2D eigenvalue weighted by molar-refractivity contribution is 6.30. The predicted octanol–water partition coefficient (Wildman–Crippen LogP) is 2.71. The fourth-order valence-electron chi connectivity index (χ4n) is 3.69. The minimum atomic E-state index is -0.544. The summed E-state index contributed by atoms with van der Waals surface area (Å²) in [6.45, 7) is 7.66. The Hall–Kier alpha value is -2.54. The van der Waals surface area contributed by atoms with Crippen molar-refractivity contribution in [2.75, 3.05) is 31.1 Å². The molecule has 3 heterocycles. The van der Waals surface area contributed by atoms with Crippen molar-refractivity contribution in [2.45, 2.75) is 32.9 Å². The second-order valence-electron chi connectivity index (χ2n) is 7.11. The lowest BCUT2D eigenvalue weighted by Crippen LogP contribution is -2.51. The molecular formula is C20H24ClN5O2. The van der Waals surface area contributed by atoms with Crippen molar-refractivity contribution in [1.29, 1.82) is 0 Å². The van der Waals surface area contributed by atoms with Crippen LogP contribution in [-0.4, -0.2) is 58.6 Å². The van der Waals surface area contributed by atoms with E-state index in [0.717, 1.165) is 47.3 Å². The van der Waals surface area contributed by atoms with Gasteiger partial charge >= 0.3 is 0 Å². The Morgan fingerprint density at radius 1 is 1.29 bits per heavy atom. The summed E-state index contributed by atoms with van der Waals surface area (Å²) in [4.78, 5) is 22.5. The maximum absolute atomic E-state index is 12.9. The average Bonchev–Trinajstić information content (AvgIpc) is 3.34. The molecule has 148 valence electrons. The SMILES string of the molecule is CCn1cc(C2=NOC(C(=O)N3CCN(c4cccc(Cl)c4)CC3)C2)c(C)n1.